The van der Waals surface area contributed by atoms with Gasteiger partial charge in [-0.15, -0.1) is 6.58 Å². The summed E-state index contributed by atoms with van der Waals surface area (Å²) in [7, 11) is 1.48. The van der Waals surface area contributed by atoms with E-state index in [1.54, 1.807) is 13.8 Å². The Labute approximate surface area is 694 Å². The summed E-state index contributed by atoms with van der Waals surface area (Å²) in [6, 6.07) is 6.84. The molecule has 119 heavy (non-hydrogen) atoms. The molecule has 2 saturated heterocycles. The summed E-state index contributed by atoms with van der Waals surface area (Å²) in [6.45, 7) is 10.5. The summed E-state index contributed by atoms with van der Waals surface area (Å²) in [6.07, 6.45) is -9.23. The minimum Gasteiger partial charge on any atom is -0.508 e. The maximum atomic E-state index is 16.2. The number of aliphatic hydroxyl groups excluding tert-OH is 6. The number of primary amides is 1. The average molecular weight is 1690 g/mol. The number of aliphatic carboxylic acids is 1. The number of phenolic OH excluding ortho intramolecular Hbond substituents is 3. The van der Waals surface area contributed by atoms with Crippen molar-refractivity contribution < 1.29 is 123 Å². The van der Waals surface area contributed by atoms with E-state index in [1.807, 2.05) is 44.2 Å². The number of likely N-dealkylation sites (N-methyl/N-ethyl adjacent to an activating group) is 1. The topological polar surface area (TPSA) is 526 Å². The van der Waals surface area contributed by atoms with Crippen LogP contribution in [-0.2, 0) is 59.1 Å². The fourth-order valence-electron chi connectivity index (χ4n) is 14.9. The van der Waals surface area contributed by atoms with Gasteiger partial charge in [0.15, 0.2) is 29.9 Å². The molecular weight excluding hydrogens is 1590 g/mol. The van der Waals surface area contributed by atoms with Crippen molar-refractivity contribution in [3.63, 3.8) is 0 Å². The van der Waals surface area contributed by atoms with Crippen LogP contribution in [0.2, 0.25) is 10.0 Å². The molecule has 11 bridgehead atoms. The number of carbonyl (C=O) groups is 8. The Morgan fingerprint density at radius 1 is 0.697 bits per heavy atom. The summed E-state index contributed by atoms with van der Waals surface area (Å²) >= 11 is 14.3. The van der Waals surface area contributed by atoms with Crippen molar-refractivity contribution in [2.45, 2.75) is 208 Å². The Balaban J connectivity index is 1.06. The van der Waals surface area contributed by atoms with Gasteiger partial charge in [0, 0.05) is 41.3 Å². The van der Waals surface area contributed by atoms with Gasteiger partial charge in [-0.05, 0) is 147 Å². The molecule has 36 heteroatoms. The van der Waals surface area contributed by atoms with E-state index < -0.39 is 237 Å². The number of amides is 7. The molecule has 20 N–H and O–H groups in total. The highest BCUT2D eigenvalue weighted by Gasteiger charge is 2.52. The van der Waals surface area contributed by atoms with Gasteiger partial charge in [0.25, 0.3) is 0 Å². The van der Waals surface area contributed by atoms with E-state index in [0.717, 1.165) is 117 Å². The van der Waals surface area contributed by atoms with Gasteiger partial charge in [-0.2, -0.15) is 0 Å². The number of fused-ring (bicyclic) bond motifs is 15. The van der Waals surface area contributed by atoms with Crippen LogP contribution in [0, 0.1) is 5.92 Å². The number of unbranched alkanes of at least 4 members (excludes halogenated alkanes) is 6. The molecule has 0 radical (unpaired) electrons. The number of carboxylic acid groups (broad SMARTS) is 1. The molecule has 13 rings (SSSR count). The van der Waals surface area contributed by atoms with Crippen molar-refractivity contribution in [2.24, 2.45) is 11.7 Å². The van der Waals surface area contributed by atoms with Crippen LogP contribution < -0.4 is 67.2 Å². The van der Waals surface area contributed by atoms with Crippen molar-refractivity contribution in [2.75, 3.05) is 20.3 Å². The van der Waals surface area contributed by atoms with Crippen LogP contribution in [0.1, 0.15) is 156 Å². The number of ether oxygens (including phenoxy) is 7. The summed E-state index contributed by atoms with van der Waals surface area (Å²) in [5, 5.41) is 137. The molecule has 34 nitrogen and oxygen atoms in total. The molecule has 6 aromatic rings. The smallest absolute Gasteiger partial charge is 0.330 e. The number of hydrogen-bond donors (Lipinski definition) is 19. The maximum absolute atomic E-state index is 16.2. The van der Waals surface area contributed by atoms with E-state index in [4.69, 9.17) is 62.1 Å². The maximum Gasteiger partial charge on any atom is 0.330 e. The Morgan fingerprint density at radius 3 is 1.94 bits per heavy atom. The quantitative estimate of drug-likeness (QED) is 0.0244. The van der Waals surface area contributed by atoms with Gasteiger partial charge in [0.2, 0.25) is 53.4 Å². The lowest BCUT2D eigenvalue weighted by Crippen LogP contribution is -2.65. The molecule has 2 fully saturated rings. The van der Waals surface area contributed by atoms with Gasteiger partial charge in [0.1, 0.15) is 95.2 Å². The highest BCUT2D eigenvalue weighted by molar-refractivity contribution is 6.32. The normalized spacial score (nSPS) is 26.7. The third-order valence-corrected chi connectivity index (χ3v) is 22.0. The van der Waals surface area contributed by atoms with Crippen molar-refractivity contribution in [3.8, 4) is 62.9 Å². The molecule has 7 heterocycles. The lowest BCUT2D eigenvalue weighted by molar-refractivity contribution is -0.334. The van der Waals surface area contributed by atoms with Crippen LogP contribution in [-0.4, -0.2) is 198 Å². The number of benzene rings is 6. The second kappa shape index (κ2) is 39.2. The zero-order chi connectivity index (χ0) is 86.0. The number of halogens is 2. The number of nitrogens with two attached hydrogens (primary N) is 1. The number of carbonyl (C=O) groups excluding carboxylic acids is 7. The Hall–Kier alpha value is -10.4. The van der Waals surface area contributed by atoms with Crippen LogP contribution >= 0.6 is 23.2 Å². The van der Waals surface area contributed by atoms with Gasteiger partial charge in [-0.25, -0.2) is 4.79 Å². The van der Waals surface area contributed by atoms with Crippen LogP contribution in [0.15, 0.2) is 116 Å². The SMILES string of the molecule is C=CCCCCCCCCOc1ccc(CN[C@@]2(C)C[C@H](O[C@H]3[C@H](Oc4c5cc6cc4Oc4ccc(cc4Cl)[C@@H](O)[C@@H](NC(=O)[C@@H](CC(C)C)NC)C(=O)N[C@@H](CC(N)=O)C(=O)N[C@H]6C(=O)N[C@H]4C(=O)N[C@H](C(=O)N[C@H](C(=O)O)c6cc(O)cc(O)c6-c6cc4ccc6O)[C@H](O)c4ccc(c(Cl)c4)O5)O[C@H](CO)[C@@H](O)[C@@H]3O)O[C@@H](C)[C@H]2O)cc1. The predicted molar refractivity (Wildman–Crippen MR) is 426 cm³/mol. The first-order chi connectivity index (χ1) is 56.7. The van der Waals surface area contributed by atoms with Crippen molar-refractivity contribution >= 4 is 70.5 Å². The molecule has 0 spiro atoms. The van der Waals surface area contributed by atoms with E-state index in [2.05, 4.69) is 49.1 Å². The van der Waals surface area contributed by atoms with Crippen LogP contribution in [0.25, 0.3) is 11.1 Å². The summed E-state index contributed by atoms with van der Waals surface area (Å²) in [5.41, 5.74) is 2.53. The van der Waals surface area contributed by atoms with Gasteiger partial charge < -0.3 is 132 Å². The number of aliphatic hydroxyl groups is 6. The summed E-state index contributed by atoms with van der Waals surface area (Å²) < 4.78 is 45.6. The third kappa shape index (κ3) is 21.1. The monoisotopic (exact) mass is 1690 g/mol. The largest absolute Gasteiger partial charge is 0.508 e. The molecule has 0 unspecified atom stereocenters. The Kier molecular flexibility index (Phi) is 29.4. The number of aromatic hydroxyl groups is 3. The van der Waals surface area contributed by atoms with E-state index in [-0.39, 0.29) is 52.8 Å². The fourth-order valence-corrected chi connectivity index (χ4v) is 15.4. The van der Waals surface area contributed by atoms with Gasteiger partial charge in [0.05, 0.1) is 47.9 Å². The summed E-state index contributed by atoms with van der Waals surface area (Å²) in [5.74, 6) is -15.3. The number of nitrogens with one attached hydrogen (secondary N) is 8. The second-order valence-corrected chi connectivity index (χ2v) is 31.5. The van der Waals surface area contributed by atoms with E-state index in [1.165, 1.54) is 19.2 Å². The first kappa shape index (κ1) is 89.4. The van der Waals surface area contributed by atoms with Gasteiger partial charge in [-0.1, -0.05) is 99.1 Å². The molecule has 6 aromatic carbocycles. The van der Waals surface area contributed by atoms with Crippen molar-refractivity contribution in [1.82, 2.24) is 42.5 Å². The number of hydrogen-bond acceptors (Lipinski definition) is 26. The summed E-state index contributed by atoms with van der Waals surface area (Å²) in [4.78, 5) is 118. The number of phenols is 3. The van der Waals surface area contributed by atoms with Crippen LogP contribution in [0.3, 0.4) is 0 Å². The van der Waals surface area contributed by atoms with Crippen LogP contribution in [0.4, 0.5) is 0 Å². The average Bonchev–Trinajstić information content (AvgIpc) is 0.762. The van der Waals surface area contributed by atoms with Gasteiger partial charge in [-0.3, -0.25) is 33.6 Å². The molecule has 18 atom stereocenters. The highest BCUT2D eigenvalue weighted by atomic mass is 35.5. The number of allylic oxidation sites excluding steroid dienone is 1. The lowest BCUT2D eigenvalue weighted by atomic mass is 9.84. The molecule has 7 aliphatic rings. The number of rotatable bonds is 26. The first-order valence-corrected chi connectivity index (χ1v) is 39.7. The molecular formula is C83H99Cl2N9O25. The molecule has 0 aromatic heterocycles. The fraction of sp³-hybridized carbons (Fsp3) is 0.446. The Bertz CT molecular complexity index is 4740. The lowest BCUT2D eigenvalue weighted by Gasteiger charge is -2.48. The van der Waals surface area contributed by atoms with Crippen molar-refractivity contribution in [1.29, 1.82) is 0 Å². The third-order valence-electron chi connectivity index (χ3n) is 21.4. The molecule has 0 saturated carbocycles. The first-order valence-electron chi connectivity index (χ1n) is 38.9. The zero-order valence-corrected chi connectivity index (χ0v) is 67.1. The van der Waals surface area contributed by atoms with E-state index in [9.17, 15) is 75.0 Å². The standard InChI is InChI=1S/C83H99Cl2N9O25/c1-7-8-9-10-11-12-13-14-25-113-46-20-15-40(16-21-46)36-88-83(5)35-61(114-39(4)74(83)104)118-73-71(103)70(102)59(37-95)117-82(73)119-72-57-30-44-31-58(72)116-56-24-19-43(29-50(56)85)69(101)67-80(110)92-65(81(111)112)48-32-45(96)33-54(98)62(48)47-27-41(17-22-53(47)97)63(77(107)94-67)91-78(108)64(44)90-76(106)52(34-60(86)99)89-79(109)66(93-75(105)51(87-6)26-38(2)3)68(100)42-18-23-55(115-57)49(84)28-42/h7,15-24,27-33,38-39,51-52,59,61,63-71,73-74,82,87-88,95-98,100-104H,1,8-14,25-26,34-37H2,2-6H3,(H2,86,99)(H,89,109)(H,90,106)(H,91,108)(H,92,110)(H,93,105)(H,94,107)(H,111,112)/t39-,51+,52-,59+,61-,63+,64+,65-,66+,67-,68+,69+,70+,71-,73+,74+,82-,83-/m0/s1. The molecule has 7 amide bonds. The number of carboxylic acids is 1. The van der Waals surface area contributed by atoms with E-state index in [0.29, 0.717) is 12.4 Å². The Morgan fingerprint density at radius 2 is 1.32 bits per heavy atom. The van der Waals surface area contributed by atoms with E-state index >= 15 is 14.4 Å². The minimum atomic E-state index is -2.36. The molecule has 640 valence electrons. The zero-order valence-electron chi connectivity index (χ0n) is 65.6. The van der Waals surface area contributed by atoms with Crippen LogP contribution in [0.5, 0.6) is 51.7 Å². The van der Waals surface area contributed by atoms with Gasteiger partial charge >= 0.3 is 5.97 Å². The highest BCUT2D eigenvalue weighted by Crippen LogP contribution is 2.50. The second-order valence-electron chi connectivity index (χ2n) is 30.7. The minimum absolute atomic E-state index is 0.106. The molecule has 0 aliphatic carbocycles. The predicted octanol–water partition coefficient (Wildman–Crippen LogP) is 5.23. The molecule has 7 aliphatic heterocycles. The van der Waals surface area contributed by atoms with Crippen molar-refractivity contribution in [3.05, 3.63) is 159 Å².